The van der Waals surface area contributed by atoms with Crippen molar-refractivity contribution in [1.29, 1.82) is 0 Å². The molecule has 114 valence electrons. The van der Waals surface area contributed by atoms with Gasteiger partial charge in [0.2, 0.25) is 0 Å². The van der Waals surface area contributed by atoms with Gasteiger partial charge in [-0.1, -0.05) is 35.8 Å². The quantitative estimate of drug-likeness (QED) is 0.733. The number of thiophene rings is 1. The van der Waals surface area contributed by atoms with E-state index in [1.54, 1.807) is 11.3 Å². The Labute approximate surface area is 142 Å². The average molecular weight is 377 g/mol. The molecule has 0 spiro atoms. The zero-order chi connectivity index (χ0) is 15.3. The van der Waals surface area contributed by atoms with Gasteiger partial charge in [-0.2, -0.15) is 5.10 Å². The van der Waals surface area contributed by atoms with Gasteiger partial charge in [0.15, 0.2) is 6.23 Å². The summed E-state index contributed by atoms with van der Waals surface area (Å²) >= 11 is 5.33. The molecule has 1 aromatic heterocycles. The molecule has 0 bridgehead atoms. The van der Waals surface area contributed by atoms with Crippen molar-refractivity contribution < 1.29 is 4.74 Å². The molecule has 1 aromatic carbocycles. The molecule has 0 fully saturated rings. The third-order valence-corrected chi connectivity index (χ3v) is 5.57. The zero-order valence-corrected chi connectivity index (χ0v) is 14.9. The molecule has 2 aliphatic heterocycles. The molecule has 5 heteroatoms. The molecule has 4 rings (SSSR count). The van der Waals surface area contributed by atoms with E-state index < -0.39 is 0 Å². The van der Waals surface area contributed by atoms with Crippen LogP contribution in [0.1, 0.15) is 36.8 Å². The lowest BCUT2D eigenvalue weighted by Crippen LogP contribution is -2.43. The van der Waals surface area contributed by atoms with Gasteiger partial charge in [-0.05, 0) is 29.6 Å². The molecule has 0 saturated carbocycles. The smallest absolute Gasteiger partial charge is 0.190 e. The molecule has 2 aliphatic rings. The van der Waals surface area contributed by atoms with Crippen LogP contribution in [-0.4, -0.2) is 16.9 Å². The maximum atomic E-state index is 6.23. The summed E-state index contributed by atoms with van der Waals surface area (Å²) in [4.78, 5) is 1.26. The first kappa shape index (κ1) is 14.3. The normalized spacial score (nSPS) is 23.1. The first-order valence-electron chi connectivity index (χ1n) is 7.49. The van der Waals surface area contributed by atoms with Crippen LogP contribution >= 0.6 is 27.3 Å². The van der Waals surface area contributed by atoms with E-state index >= 15 is 0 Å². The van der Waals surface area contributed by atoms with E-state index in [0.717, 1.165) is 16.6 Å². The van der Waals surface area contributed by atoms with Gasteiger partial charge < -0.3 is 4.74 Å². The number of benzene rings is 1. The Morgan fingerprint density at radius 1 is 1.36 bits per heavy atom. The number of rotatable bonds is 2. The molecule has 0 aliphatic carbocycles. The topological polar surface area (TPSA) is 24.8 Å². The van der Waals surface area contributed by atoms with E-state index in [1.807, 2.05) is 6.07 Å². The average Bonchev–Trinajstić information content (AvgIpc) is 3.15. The Bertz CT molecular complexity index is 726. The highest BCUT2D eigenvalue weighted by Gasteiger charge is 2.41. The third kappa shape index (κ3) is 2.27. The number of ether oxygens (including phenoxy) is 1. The summed E-state index contributed by atoms with van der Waals surface area (Å²) in [6, 6.07) is 10.8. The number of halogens is 1. The number of hydrazone groups is 1. The lowest BCUT2D eigenvalue weighted by molar-refractivity contribution is -0.0461. The van der Waals surface area contributed by atoms with Crippen molar-refractivity contribution in [2.24, 2.45) is 11.0 Å². The fourth-order valence-corrected chi connectivity index (χ4v) is 4.22. The second-order valence-electron chi connectivity index (χ2n) is 6.06. The minimum absolute atomic E-state index is 0.00358. The summed E-state index contributed by atoms with van der Waals surface area (Å²) in [5, 5.41) is 9.17. The lowest BCUT2D eigenvalue weighted by atomic mass is 9.97. The van der Waals surface area contributed by atoms with Gasteiger partial charge in [0.1, 0.15) is 5.75 Å². The van der Waals surface area contributed by atoms with Crippen molar-refractivity contribution in [2.75, 3.05) is 0 Å². The summed E-state index contributed by atoms with van der Waals surface area (Å²) < 4.78 is 7.31. The molecule has 0 radical (unpaired) electrons. The van der Waals surface area contributed by atoms with Crippen molar-refractivity contribution in [3.05, 3.63) is 50.6 Å². The van der Waals surface area contributed by atoms with Crippen LogP contribution in [0.3, 0.4) is 0 Å². The van der Waals surface area contributed by atoms with Crippen LogP contribution in [0.2, 0.25) is 0 Å². The summed E-state index contributed by atoms with van der Waals surface area (Å²) in [5.41, 5.74) is 2.39. The van der Waals surface area contributed by atoms with Gasteiger partial charge in [0.05, 0.1) is 16.6 Å². The minimum Gasteiger partial charge on any atom is -0.468 e. The van der Waals surface area contributed by atoms with Crippen LogP contribution in [0.5, 0.6) is 5.75 Å². The van der Waals surface area contributed by atoms with Crippen LogP contribution in [0.4, 0.5) is 0 Å². The molecular weight excluding hydrogens is 360 g/mol. The van der Waals surface area contributed by atoms with Crippen molar-refractivity contribution in [3.8, 4) is 5.75 Å². The Kier molecular flexibility index (Phi) is 3.50. The fourth-order valence-electron chi connectivity index (χ4n) is 3.12. The number of fused-ring (bicyclic) bond motifs is 3. The molecule has 3 heterocycles. The van der Waals surface area contributed by atoms with E-state index in [0.29, 0.717) is 5.92 Å². The SMILES string of the molecule is CC(C)[C@H]1Oc2ccc(Br)cc2[C@H]2CC(c3cccs3)=NN21. The van der Waals surface area contributed by atoms with E-state index in [9.17, 15) is 0 Å². The van der Waals surface area contributed by atoms with Crippen molar-refractivity contribution in [1.82, 2.24) is 5.01 Å². The van der Waals surface area contributed by atoms with E-state index in [2.05, 4.69) is 64.4 Å². The van der Waals surface area contributed by atoms with E-state index in [1.165, 1.54) is 16.2 Å². The molecule has 0 saturated heterocycles. The van der Waals surface area contributed by atoms with Gasteiger partial charge in [0, 0.05) is 22.4 Å². The van der Waals surface area contributed by atoms with Crippen molar-refractivity contribution in [3.63, 3.8) is 0 Å². The number of nitrogens with zero attached hydrogens (tertiary/aromatic N) is 2. The van der Waals surface area contributed by atoms with Gasteiger partial charge in [0.25, 0.3) is 0 Å². The fraction of sp³-hybridized carbons (Fsp3) is 0.353. The largest absolute Gasteiger partial charge is 0.468 e. The Balaban J connectivity index is 1.78. The van der Waals surface area contributed by atoms with Crippen LogP contribution < -0.4 is 4.74 Å². The van der Waals surface area contributed by atoms with Crippen LogP contribution in [0.15, 0.2) is 45.3 Å². The summed E-state index contributed by atoms with van der Waals surface area (Å²) in [7, 11) is 0. The van der Waals surface area contributed by atoms with E-state index in [-0.39, 0.29) is 12.3 Å². The second kappa shape index (κ2) is 5.39. The highest BCUT2D eigenvalue weighted by Crippen LogP contribution is 2.45. The zero-order valence-electron chi connectivity index (χ0n) is 12.5. The number of hydrogen-bond acceptors (Lipinski definition) is 4. The number of hydrogen-bond donors (Lipinski definition) is 0. The molecule has 0 unspecified atom stereocenters. The van der Waals surface area contributed by atoms with Gasteiger partial charge >= 0.3 is 0 Å². The molecule has 0 amide bonds. The van der Waals surface area contributed by atoms with E-state index in [4.69, 9.17) is 9.84 Å². The van der Waals surface area contributed by atoms with Crippen molar-refractivity contribution >= 4 is 33.0 Å². The van der Waals surface area contributed by atoms with Gasteiger partial charge in [-0.25, -0.2) is 5.01 Å². The van der Waals surface area contributed by atoms with Gasteiger partial charge in [-0.15, -0.1) is 11.3 Å². The third-order valence-electron chi connectivity index (χ3n) is 4.16. The van der Waals surface area contributed by atoms with Crippen LogP contribution in [-0.2, 0) is 0 Å². The Hall–Kier alpha value is -1.33. The molecule has 22 heavy (non-hydrogen) atoms. The minimum atomic E-state index is -0.00358. The van der Waals surface area contributed by atoms with Crippen LogP contribution in [0.25, 0.3) is 0 Å². The molecular formula is C17H17BrN2OS. The predicted octanol–water partition coefficient (Wildman–Crippen LogP) is 5.04. The Morgan fingerprint density at radius 3 is 2.95 bits per heavy atom. The predicted molar refractivity (Wildman–Crippen MR) is 93.4 cm³/mol. The van der Waals surface area contributed by atoms with Crippen LogP contribution in [0, 0.1) is 5.92 Å². The first-order chi connectivity index (χ1) is 10.6. The summed E-state index contributed by atoms with van der Waals surface area (Å²) in [5.74, 6) is 1.37. The molecule has 2 atom stereocenters. The molecule has 0 N–H and O–H groups in total. The maximum Gasteiger partial charge on any atom is 0.190 e. The Morgan fingerprint density at radius 2 is 2.23 bits per heavy atom. The highest BCUT2D eigenvalue weighted by atomic mass is 79.9. The second-order valence-corrected chi connectivity index (χ2v) is 7.92. The standard InChI is InChI=1S/C17H17BrN2OS/c1-10(2)17-20-14(9-13(19-20)16-4-3-7-22-16)12-8-11(18)5-6-15(12)21-17/h3-8,10,14,17H,9H2,1-2H3/t14-,17-/m1/s1. The summed E-state index contributed by atoms with van der Waals surface area (Å²) in [6.45, 7) is 4.37. The summed E-state index contributed by atoms with van der Waals surface area (Å²) in [6.07, 6.45) is 0.937. The van der Waals surface area contributed by atoms with Gasteiger partial charge in [-0.3, -0.25) is 0 Å². The lowest BCUT2D eigenvalue weighted by Gasteiger charge is -2.40. The van der Waals surface area contributed by atoms with Crippen molar-refractivity contribution in [2.45, 2.75) is 32.5 Å². The maximum absolute atomic E-state index is 6.23. The highest BCUT2D eigenvalue weighted by molar-refractivity contribution is 9.10. The molecule has 2 aromatic rings. The molecule has 3 nitrogen and oxygen atoms in total. The monoisotopic (exact) mass is 376 g/mol. The first-order valence-corrected chi connectivity index (χ1v) is 9.16.